The summed E-state index contributed by atoms with van der Waals surface area (Å²) in [5.74, 6) is 2.21. The first-order chi connectivity index (χ1) is 10.2. The van der Waals surface area contributed by atoms with Crippen molar-refractivity contribution in [1.82, 2.24) is 5.32 Å². The molecule has 2 nitrogen and oxygen atoms in total. The second-order valence-corrected chi connectivity index (χ2v) is 5.63. The summed E-state index contributed by atoms with van der Waals surface area (Å²) in [5, 5.41) is 3.84. The van der Waals surface area contributed by atoms with E-state index in [2.05, 4.69) is 31.3 Å². The fourth-order valence-electron chi connectivity index (χ4n) is 2.21. The molecule has 2 rings (SSSR count). The Kier molecular flexibility index (Phi) is 5.66. The van der Waals surface area contributed by atoms with Crippen LogP contribution in [0.2, 0.25) is 5.02 Å². The lowest BCUT2D eigenvalue weighted by Crippen LogP contribution is -2.07. The van der Waals surface area contributed by atoms with Crippen LogP contribution in [0.15, 0.2) is 42.5 Å². The monoisotopic (exact) mass is 303 g/mol. The van der Waals surface area contributed by atoms with Gasteiger partial charge in [-0.3, -0.25) is 0 Å². The first-order valence-electron chi connectivity index (χ1n) is 7.35. The molecule has 0 spiro atoms. The van der Waals surface area contributed by atoms with E-state index >= 15 is 0 Å². The summed E-state index contributed by atoms with van der Waals surface area (Å²) in [6.07, 6.45) is 1.14. The number of rotatable bonds is 6. The van der Waals surface area contributed by atoms with Crippen LogP contribution < -0.4 is 10.1 Å². The van der Waals surface area contributed by atoms with E-state index in [4.69, 9.17) is 16.3 Å². The lowest BCUT2D eigenvalue weighted by molar-refractivity contribution is 0.474. The van der Waals surface area contributed by atoms with Crippen LogP contribution in [-0.2, 0) is 6.54 Å². The van der Waals surface area contributed by atoms with Gasteiger partial charge in [0.1, 0.15) is 11.5 Å². The first kappa shape index (κ1) is 15.9. The topological polar surface area (TPSA) is 21.3 Å². The lowest BCUT2D eigenvalue weighted by atomic mass is 9.99. The molecule has 2 aromatic rings. The van der Waals surface area contributed by atoms with Gasteiger partial charge in [0.15, 0.2) is 0 Å². The quantitative estimate of drug-likeness (QED) is 0.775. The molecule has 0 amide bonds. The Morgan fingerprint density at radius 3 is 2.48 bits per heavy atom. The molecule has 0 aliphatic carbocycles. The van der Waals surface area contributed by atoms with Gasteiger partial charge in [0.2, 0.25) is 0 Å². The molecule has 1 N–H and O–H groups in total. The number of nitrogens with one attached hydrogen (secondary N) is 1. The molecule has 0 heterocycles. The Morgan fingerprint density at radius 2 is 1.86 bits per heavy atom. The molecular weight excluding hydrogens is 282 g/mol. The molecule has 1 unspecified atom stereocenters. The summed E-state index contributed by atoms with van der Waals surface area (Å²) in [7, 11) is 1.90. The highest BCUT2D eigenvalue weighted by molar-refractivity contribution is 6.31. The van der Waals surface area contributed by atoms with Gasteiger partial charge in [-0.1, -0.05) is 43.6 Å². The number of hydrogen-bond acceptors (Lipinski definition) is 2. The van der Waals surface area contributed by atoms with Gasteiger partial charge in [-0.25, -0.2) is 0 Å². The normalized spacial score (nSPS) is 12.2. The van der Waals surface area contributed by atoms with E-state index < -0.39 is 0 Å². The third kappa shape index (κ3) is 3.99. The van der Waals surface area contributed by atoms with E-state index in [0.29, 0.717) is 12.5 Å². The Balaban J connectivity index is 2.20. The van der Waals surface area contributed by atoms with E-state index in [1.807, 2.05) is 37.4 Å². The van der Waals surface area contributed by atoms with Crippen LogP contribution in [0.4, 0.5) is 0 Å². The predicted octanol–water partition coefficient (Wildman–Crippen LogP) is 5.37. The third-order valence-corrected chi connectivity index (χ3v) is 4.07. The van der Waals surface area contributed by atoms with Crippen molar-refractivity contribution in [2.75, 3.05) is 7.05 Å². The minimum Gasteiger partial charge on any atom is -0.457 e. The van der Waals surface area contributed by atoms with Crippen molar-refractivity contribution < 1.29 is 4.74 Å². The van der Waals surface area contributed by atoms with Gasteiger partial charge in [-0.2, -0.15) is 0 Å². The smallest absolute Gasteiger partial charge is 0.133 e. The van der Waals surface area contributed by atoms with Crippen LogP contribution in [0, 0.1) is 0 Å². The molecule has 3 heteroatoms. The van der Waals surface area contributed by atoms with E-state index in [-0.39, 0.29) is 0 Å². The predicted molar refractivity (Wildman–Crippen MR) is 89.4 cm³/mol. The van der Waals surface area contributed by atoms with E-state index in [1.165, 1.54) is 5.56 Å². The molecule has 0 aromatic heterocycles. The summed E-state index contributed by atoms with van der Waals surface area (Å²) in [4.78, 5) is 0. The van der Waals surface area contributed by atoms with Crippen molar-refractivity contribution in [3.8, 4) is 11.5 Å². The zero-order chi connectivity index (χ0) is 15.2. The van der Waals surface area contributed by atoms with Gasteiger partial charge in [0.05, 0.1) is 0 Å². The van der Waals surface area contributed by atoms with Crippen molar-refractivity contribution >= 4 is 11.6 Å². The molecule has 0 radical (unpaired) electrons. The van der Waals surface area contributed by atoms with Crippen molar-refractivity contribution in [2.45, 2.75) is 32.7 Å². The molecule has 0 saturated heterocycles. The summed E-state index contributed by atoms with van der Waals surface area (Å²) < 4.78 is 5.99. The standard InChI is InChI=1S/C18H22ClNO/c1-4-13(2)14-8-10-15(11-9-14)21-18-7-5-6-17(19)16(18)12-20-3/h5-11,13,20H,4,12H2,1-3H3. The Labute approximate surface area is 132 Å². The summed E-state index contributed by atoms with van der Waals surface area (Å²) in [5.41, 5.74) is 2.32. The zero-order valence-electron chi connectivity index (χ0n) is 12.8. The van der Waals surface area contributed by atoms with Gasteiger partial charge in [0.25, 0.3) is 0 Å². The molecule has 21 heavy (non-hydrogen) atoms. The van der Waals surface area contributed by atoms with Gasteiger partial charge < -0.3 is 10.1 Å². The molecule has 0 bridgehead atoms. The summed E-state index contributed by atoms with van der Waals surface area (Å²) in [6.45, 7) is 5.11. The van der Waals surface area contributed by atoms with Crippen LogP contribution in [0.3, 0.4) is 0 Å². The Hall–Kier alpha value is -1.51. The average Bonchev–Trinajstić information content (AvgIpc) is 2.51. The van der Waals surface area contributed by atoms with Gasteiger partial charge in [0, 0.05) is 17.1 Å². The van der Waals surface area contributed by atoms with E-state index in [1.54, 1.807) is 0 Å². The van der Waals surface area contributed by atoms with Gasteiger partial charge >= 0.3 is 0 Å². The molecule has 1 atom stereocenters. The molecule has 112 valence electrons. The maximum Gasteiger partial charge on any atom is 0.133 e. The largest absolute Gasteiger partial charge is 0.457 e. The maximum atomic E-state index is 6.24. The molecule has 0 saturated carbocycles. The number of hydrogen-bond donors (Lipinski definition) is 1. The van der Waals surface area contributed by atoms with Crippen LogP contribution >= 0.6 is 11.6 Å². The lowest BCUT2D eigenvalue weighted by Gasteiger charge is -2.14. The summed E-state index contributed by atoms with van der Waals surface area (Å²) >= 11 is 6.24. The second-order valence-electron chi connectivity index (χ2n) is 5.23. The van der Waals surface area contributed by atoms with Crippen molar-refractivity contribution in [1.29, 1.82) is 0 Å². The highest BCUT2D eigenvalue weighted by Gasteiger charge is 2.09. The Bertz CT molecular complexity index is 580. The van der Waals surface area contributed by atoms with E-state index in [9.17, 15) is 0 Å². The van der Waals surface area contributed by atoms with Crippen LogP contribution in [-0.4, -0.2) is 7.05 Å². The van der Waals surface area contributed by atoms with Gasteiger partial charge in [-0.05, 0) is 49.2 Å². The molecular formula is C18H22ClNO. The van der Waals surface area contributed by atoms with E-state index in [0.717, 1.165) is 28.5 Å². The molecule has 2 aromatic carbocycles. The fourth-order valence-corrected chi connectivity index (χ4v) is 2.44. The van der Waals surface area contributed by atoms with Crippen LogP contribution in [0.25, 0.3) is 0 Å². The van der Waals surface area contributed by atoms with Crippen molar-refractivity contribution in [3.05, 3.63) is 58.6 Å². The van der Waals surface area contributed by atoms with Gasteiger partial charge in [-0.15, -0.1) is 0 Å². The number of halogens is 1. The summed E-state index contributed by atoms with van der Waals surface area (Å²) in [6, 6.07) is 14.0. The minimum atomic E-state index is 0.574. The molecule has 0 fully saturated rings. The van der Waals surface area contributed by atoms with Crippen LogP contribution in [0.5, 0.6) is 11.5 Å². The molecule has 0 aliphatic heterocycles. The Morgan fingerprint density at radius 1 is 1.14 bits per heavy atom. The number of benzene rings is 2. The second kappa shape index (κ2) is 7.48. The third-order valence-electron chi connectivity index (χ3n) is 3.72. The van der Waals surface area contributed by atoms with Crippen molar-refractivity contribution in [2.24, 2.45) is 0 Å². The average molecular weight is 304 g/mol. The molecule has 0 aliphatic rings. The maximum absolute atomic E-state index is 6.24. The first-order valence-corrected chi connectivity index (χ1v) is 7.73. The number of ether oxygens (including phenoxy) is 1. The highest BCUT2D eigenvalue weighted by Crippen LogP contribution is 2.31. The zero-order valence-corrected chi connectivity index (χ0v) is 13.6. The highest BCUT2D eigenvalue weighted by atomic mass is 35.5. The SMILES string of the molecule is CCC(C)c1ccc(Oc2cccc(Cl)c2CNC)cc1. The van der Waals surface area contributed by atoms with Crippen molar-refractivity contribution in [3.63, 3.8) is 0 Å². The fraction of sp³-hybridized carbons (Fsp3) is 0.333. The minimum absolute atomic E-state index is 0.574. The van der Waals surface area contributed by atoms with Crippen LogP contribution in [0.1, 0.15) is 37.3 Å².